The number of carbonyl (C=O) groups is 1. The molecule has 1 aromatic carbocycles. The Morgan fingerprint density at radius 1 is 1.21 bits per heavy atom. The highest BCUT2D eigenvalue weighted by Gasteiger charge is 2.31. The molecule has 2 fully saturated rings. The summed E-state index contributed by atoms with van der Waals surface area (Å²) in [6, 6.07) is 8.03. The van der Waals surface area contributed by atoms with E-state index in [0.29, 0.717) is 19.0 Å². The van der Waals surface area contributed by atoms with Gasteiger partial charge in [-0.3, -0.25) is 14.8 Å². The Balaban J connectivity index is 1.39. The van der Waals surface area contributed by atoms with E-state index in [1.165, 1.54) is 5.56 Å². The predicted octanol–water partition coefficient (Wildman–Crippen LogP) is 3.69. The number of morpholine rings is 1. The Bertz CT molecular complexity index is 837. The molecule has 29 heavy (non-hydrogen) atoms. The van der Waals surface area contributed by atoms with E-state index in [-0.39, 0.29) is 18.1 Å². The Kier molecular flexibility index (Phi) is 6.23. The molecule has 6 nitrogen and oxygen atoms in total. The summed E-state index contributed by atoms with van der Waals surface area (Å²) in [5.74, 6) is 0.393. The van der Waals surface area contributed by atoms with Crippen molar-refractivity contribution in [2.24, 2.45) is 0 Å². The number of benzene rings is 1. The first-order chi connectivity index (χ1) is 14.0. The first kappa shape index (κ1) is 20.4. The zero-order valence-electron chi connectivity index (χ0n) is 17.1. The van der Waals surface area contributed by atoms with Crippen LogP contribution in [0.5, 0.6) is 0 Å². The number of carbonyl (C=O) groups excluding carboxylic acids is 1. The lowest BCUT2D eigenvalue weighted by atomic mass is 9.90. The predicted molar refractivity (Wildman–Crippen MR) is 113 cm³/mol. The number of ether oxygens (including phenoxy) is 1. The maximum atomic E-state index is 13.1. The lowest BCUT2D eigenvalue weighted by molar-refractivity contribution is -0.0586. The molecule has 2 saturated heterocycles. The van der Waals surface area contributed by atoms with Gasteiger partial charge in [0.1, 0.15) is 0 Å². The van der Waals surface area contributed by atoms with Crippen LogP contribution < -0.4 is 0 Å². The fourth-order valence-electron chi connectivity index (χ4n) is 4.54. The standard InChI is InChI=1S/C22H29ClN4O2/c1-15-12-27(13-16(2)29-15)22(28)19-11-24-25-21(19)17-7-9-26(10-8-17)14-18-5-3-4-6-20(18)23/h3-6,11,15-17H,7-10,12-14H2,1-2H3,(H,24,25)/t15-,16-/m0/s1. The summed E-state index contributed by atoms with van der Waals surface area (Å²) >= 11 is 6.31. The van der Waals surface area contributed by atoms with Crippen molar-refractivity contribution in [1.29, 1.82) is 0 Å². The van der Waals surface area contributed by atoms with Crippen LogP contribution in [0, 0.1) is 0 Å². The molecule has 2 aromatic rings. The van der Waals surface area contributed by atoms with Crippen molar-refractivity contribution in [2.45, 2.75) is 51.4 Å². The molecule has 2 aliphatic rings. The fraction of sp³-hybridized carbons (Fsp3) is 0.545. The fourth-order valence-corrected chi connectivity index (χ4v) is 4.73. The number of hydrogen-bond donors (Lipinski definition) is 1. The van der Waals surface area contributed by atoms with E-state index in [4.69, 9.17) is 16.3 Å². The molecule has 1 N–H and O–H groups in total. The van der Waals surface area contributed by atoms with E-state index in [1.54, 1.807) is 6.20 Å². The number of H-pyrrole nitrogens is 1. The van der Waals surface area contributed by atoms with Gasteiger partial charge in [-0.2, -0.15) is 5.10 Å². The number of aromatic nitrogens is 2. The van der Waals surface area contributed by atoms with Crippen molar-refractivity contribution in [1.82, 2.24) is 20.0 Å². The summed E-state index contributed by atoms with van der Waals surface area (Å²) in [5, 5.41) is 8.16. The van der Waals surface area contributed by atoms with Crippen molar-refractivity contribution >= 4 is 17.5 Å². The minimum absolute atomic E-state index is 0.0612. The number of hydrogen-bond acceptors (Lipinski definition) is 4. The second-order valence-electron chi connectivity index (χ2n) is 8.31. The summed E-state index contributed by atoms with van der Waals surface area (Å²) in [5.41, 5.74) is 2.87. The molecule has 2 aliphatic heterocycles. The second kappa shape index (κ2) is 8.86. The van der Waals surface area contributed by atoms with E-state index in [9.17, 15) is 4.79 Å². The smallest absolute Gasteiger partial charge is 0.257 e. The molecule has 156 valence electrons. The minimum Gasteiger partial charge on any atom is -0.372 e. The highest BCUT2D eigenvalue weighted by Crippen LogP contribution is 2.31. The largest absolute Gasteiger partial charge is 0.372 e. The first-order valence-corrected chi connectivity index (χ1v) is 10.8. The molecular weight excluding hydrogens is 388 g/mol. The monoisotopic (exact) mass is 416 g/mol. The van der Waals surface area contributed by atoms with Gasteiger partial charge in [-0.25, -0.2) is 0 Å². The van der Waals surface area contributed by atoms with Crippen LogP contribution in [0.25, 0.3) is 0 Å². The number of likely N-dealkylation sites (tertiary alicyclic amines) is 1. The molecule has 4 rings (SSSR count). The zero-order chi connectivity index (χ0) is 20.4. The molecule has 2 atom stereocenters. The summed E-state index contributed by atoms with van der Waals surface area (Å²) in [7, 11) is 0. The van der Waals surface area contributed by atoms with Gasteiger partial charge >= 0.3 is 0 Å². The van der Waals surface area contributed by atoms with Crippen LogP contribution in [-0.4, -0.2) is 64.3 Å². The van der Waals surface area contributed by atoms with Gasteiger partial charge in [-0.15, -0.1) is 0 Å². The molecule has 0 spiro atoms. The molecular formula is C22H29ClN4O2. The van der Waals surface area contributed by atoms with Gasteiger partial charge < -0.3 is 9.64 Å². The van der Waals surface area contributed by atoms with Gasteiger partial charge in [-0.05, 0) is 51.4 Å². The van der Waals surface area contributed by atoms with E-state index in [0.717, 1.165) is 48.8 Å². The molecule has 3 heterocycles. The molecule has 0 bridgehead atoms. The number of halogens is 1. The minimum atomic E-state index is 0.0612. The summed E-state index contributed by atoms with van der Waals surface area (Å²) < 4.78 is 5.77. The molecule has 0 saturated carbocycles. The molecule has 0 aliphatic carbocycles. The topological polar surface area (TPSA) is 61.5 Å². The molecule has 0 unspecified atom stereocenters. The van der Waals surface area contributed by atoms with Gasteiger partial charge in [0.2, 0.25) is 0 Å². The van der Waals surface area contributed by atoms with E-state index >= 15 is 0 Å². The third kappa shape index (κ3) is 4.65. The van der Waals surface area contributed by atoms with Crippen molar-refractivity contribution in [2.75, 3.05) is 26.2 Å². The Morgan fingerprint density at radius 3 is 2.59 bits per heavy atom. The molecule has 0 radical (unpaired) electrons. The quantitative estimate of drug-likeness (QED) is 0.825. The van der Waals surface area contributed by atoms with Crippen LogP contribution in [0.3, 0.4) is 0 Å². The molecule has 1 aromatic heterocycles. The Morgan fingerprint density at radius 2 is 1.90 bits per heavy atom. The van der Waals surface area contributed by atoms with Gasteiger partial charge in [0.15, 0.2) is 0 Å². The average molecular weight is 417 g/mol. The second-order valence-corrected chi connectivity index (χ2v) is 8.71. The van der Waals surface area contributed by atoms with Crippen molar-refractivity contribution in [3.63, 3.8) is 0 Å². The van der Waals surface area contributed by atoms with Crippen LogP contribution in [0.2, 0.25) is 5.02 Å². The van der Waals surface area contributed by atoms with Crippen LogP contribution >= 0.6 is 11.6 Å². The number of aromatic amines is 1. The van der Waals surface area contributed by atoms with Crippen LogP contribution in [0.4, 0.5) is 0 Å². The van der Waals surface area contributed by atoms with Gasteiger partial charge in [0, 0.05) is 30.6 Å². The summed E-state index contributed by atoms with van der Waals surface area (Å²) in [4.78, 5) is 17.5. The van der Waals surface area contributed by atoms with Crippen molar-refractivity contribution < 1.29 is 9.53 Å². The van der Waals surface area contributed by atoms with E-state index in [2.05, 4.69) is 21.2 Å². The van der Waals surface area contributed by atoms with E-state index < -0.39 is 0 Å². The number of rotatable bonds is 4. The summed E-state index contributed by atoms with van der Waals surface area (Å²) in [6.45, 7) is 8.11. The van der Waals surface area contributed by atoms with Gasteiger partial charge in [0.05, 0.1) is 29.7 Å². The number of nitrogens with zero attached hydrogens (tertiary/aromatic N) is 3. The van der Waals surface area contributed by atoms with Gasteiger partial charge in [0.25, 0.3) is 5.91 Å². The van der Waals surface area contributed by atoms with Crippen LogP contribution in [0.1, 0.15) is 54.2 Å². The van der Waals surface area contributed by atoms with Crippen LogP contribution in [-0.2, 0) is 11.3 Å². The SMILES string of the molecule is C[C@H]1CN(C(=O)c2cn[nH]c2C2CCN(Cc3ccccc3Cl)CC2)C[C@H](C)O1. The third-order valence-electron chi connectivity index (χ3n) is 5.95. The van der Waals surface area contributed by atoms with Crippen molar-refractivity contribution in [3.8, 4) is 0 Å². The lowest BCUT2D eigenvalue weighted by Crippen LogP contribution is -2.48. The summed E-state index contributed by atoms with van der Waals surface area (Å²) in [6.07, 6.45) is 3.82. The average Bonchev–Trinajstić information content (AvgIpc) is 3.19. The number of piperidine rings is 1. The number of amides is 1. The lowest BCUT2D eigenvalue weighted by Gasteiger charge is -2.36. The Hall–Kier alpha value is -1.89. The third-order valence-corrected chi connectivity index (χ3v) is 6.32. The first-order valence-electron chi connectivity index (χ1n) is 10.4. The maximum absolute atomic E-state index is 13.1. The normalized spacial score (nSPS) is 24.0. The molecule has 7 heteroatoms. The zero-order valence-corrected chi connectivity index (χ0v) is 17.9. The molecule has 1 amide bonds. The highest BCUT2D eigenvalue weighted by atomic mass is 35.5. The highest BCUT2D eigenvalue weighted by molar-refractivity contribution is 6.31. The van der Waals surface area contributed by atoms with Gasteiger partial charge in [-0.1, -0.05) is 29.8 Å². The van der Waals surface area contributed by atoms with E-state index in [1.807, 2.05) is 36.9 Å². The van der Waals surface area contributed by atoms with Crippen LogP contribution in [0.15, 0.2) is 30.5 Å². The number of nitrogens with one attached hydrogen (secondary N) is 1. The van der Waals surface area contributed by atoms with Crippen molar-refractivity contribution in [3.05, 3.63) is 52.3 Å². The maximum Gasteiger partial charge on any atom is 0.257 e. The Labute approximate surface area is 177 Å².